The van der Waals surface area contributed by atoms with Crippen molar-refractivity contribution >= 4 is 5.82 Å². The Balaban J connectivity index is 1.77. The van der Waals surface area contributed by atoms with E-state index >= 15 is 0 Å². The lowest BCUT2D eigenvalue weighted by molar-refractivity contribution is 0.483. The average molecular weight is 289 g/mol. The molecule has 1 N–H and O–H groups in total. The lowest BCUT2D eigenvalue weighted by Gasteiger charge is -2.25. The zero-order valence-electron chi connectivity index (χ0n) is 12.7. The van der Waals surface area contributed by atoms with Gasteiger partial charge in [0.05, 0.1) is 11.7 Å². The van der Waals surface area contributed by atoms with Gasteiger partial charge in [-0.1, -0.05) is 54.1 Å². The molecule has 0 saturated heterocycles. The first kappa shape index (κ1) is 13.1. The molecule has 110 valence electrons. The molecule has 3 aromatic rings. The Kier molecular flexibility index (Phi) is 3.19. The molecular formula is C19H19N3. The Morgan fingerprint density at radius 2 is 1.91 bits per heavy atom. The lowest BCUT2D eigenvalue weighted by Crippen LogP contribution is -2.24. The second-order valence-corrected chi connectivity index (χ2v) is 5.87. The summed E-state index contributed by atoms with van der Waals surface area (Å²) in [7, 11) is 0. The summed E-state index contributed by atoms with van der Waals surface area (Å²) < 4.78 is 2.14. The van der Waals surface area contributed by atoms with E-state index < -0.39 is 0 Å². The number of fused-ring (bicyclic) bond motifs is 1. The predicted octanol–water partition coefficient (Wildman–Crippen LogP) is 4.26. The summed E-state index contributed by atoms with van der Waals surface area (Å²) in [4.78, 5) is 0. The lowest BCUT2D eigenvalue weighted by atomic mass is 10.0. The maximum Gasteiger partial charge on any atom is 0.125 e. The molecule has 4 rings (SSSR count). The van der Waals surface area contributed by atoms with Crippen LogP contribution in [0.25, 0.3) is 11.3 Å². The van der Waals surface area contributed by atoms with Gasteiger partial charge in [0.2, 0.25) is 0 Å². The van der Waals surface area contributed by atoms with E-state index in [0.717, 1.165) is 24.5 Å². The number of nitrogens with one attached hydrogen (secondary N) is 1. The van der Waals surface area contributed by atoms with Crippen LogP contribution in [0.2, 0.25) is 0 Å². The molecule has 0 fully saturated rings. The predicted molar refractivity (Wildman–Crippen MR) is 90.1 cm³/mol. The molecular weight excluding hydrogens is 270 g/mol. The Hall–Kier alpha value is -2.55. The first-order chi connectivity index (χ1) is 10.8. The second kappa shape index (κ2) is 5.34. The maximum atomic E-state index is 4.87. The molecule has 0 radical (unpaired) electrons. The highest BCUT2D eigenvalue weighted by Crippen LogP contribution is 2.32. The van der Waals surface area contributed by atoms with E-state index in [4.69, 9.17) is 5.10 Å². The molecule has 0 saturated carbocycles. The van der Waals surface area contributed by atoms with Crippen molar-refractivity contribution in [1.82, 2.24) is 9.78 Å². The quantitative estimate of drug-likeness (QED) is 0.763. The number of hydrogen-bond acceptors (Lipinski definition) is 2. The minimum Gasteiger partial charge on any atom is -0.370 e. The average Bonchev–Trinajstić information content (AvgIpc) is 3.00. The molecule has 0 bridgehead atoms. The van der Waals surface area contributed by atoms with Crippen molar-refractivity contribution in [3.63, 3.8) is 0 Å². The molecule has 2 heterocycles. The second-order valence-electron chi connectivity index (χ2n) is 5.87. The highest BCUT2D eigenvalue weighted by molar-refractivity contribution is 5.64. The zero-order valence-corrected chi connectivity index (χ0v) is 12.7. The van der Waals surface area contributed by atoms with E-state index in [1.807, 2.05) is 0 Å². The van der Waals surface area contributed by atoms with E-state index in [0.29, 0.717) is 6.04 Å². The van der Waals surface area contributed by atoms with Crippen molar-refractivity contribution in [3.8, 4) is 11.3 Å². The van der Waals surface area contributed by atoms with Crippen LogP contribution in [0.15, 0.2) is 60.7 Å². The molecule has 3 heteroatoms. The van der Waals surface area contributed by atoms with Gasteiger partial charge < -0.3 is 5.32 Å². The fourth-order valence-corrected chi connectivity index (χ4v) is 3.15. The Labute approximate surface area is 130 Å². The molecule has 0 aliphatic carbocycles. The van der Waals surface area contributed by atoms with Gasteiger partial charge in [0.25, 0.3) is 0 Å². The molecule has 0 spiro atoms. The van der Waals surface area contributed by atoms with Gasteiger partial charge in [-0.05, 0) is 25.0 Å². The number of hydrogen-bond donors (Lipinski definition) is 1. The SMILES string of the molecule is Cc1cccc(-c2cc3n(n2)C(c2ccccc2)CCN3)c1. The van der Waals surface area contributed by atoms with Crippen LogP contribution in [0.1, 0.15) is 23.6 Å². The van der Waals surface area contributed by atoms with Gasteiger partial charge in [0, 0.05) is 18.2 Å². The van der Waals surface area contributed by atoms with Gasteiger partial charge in [0.1, 0.15) is 5.82 Å². The Morgan fingerprint density at radius 1 is 1.05 bits per heavy atom. The summed E-state index contributed by atoms with van der Waals surface area (Å²) in [6.45, 7) is 3.10. The zero-order chi connectivity index (χ0) is 14.9. The van der Waals surface area contributed by atoms with Crippen LogP contribution in [0.3, 0.4) is 0 Å². The summed E-state index contributed by atoms with van der Waals surface area (Å²) in [5, 5.41) is 8.34. The summed E-state index contributed by atoms with van der Waals surface area (Å²) in [5.41, 5.74) is 4.80. The summed E-state index contributed by atoms with van der Waals surface area (Å²) in [5.74, 6) is 1.11. The van der Waals surface area contributed by atoms with Crippen molar-refractivity contribution in [2.24, 2.45) is 0 Å². The standard InChI is InChI=1S/C19H19N3/c1-14-6-5-9-16(12-14)17-13-19-20-11-10-18(22(19)21-17)15-7-3-2-4-8-15/h2-9,12-13,18,20H,10-11H2,1H3. The first-order valence-corrected chi connectivity index (χ1v) is 7.77. The summed E-state index contributed by atoms with van der Waals surface area (Å²) in [6.07, 6.45) is 1.06. The van der Waals surface area contributed by atoms with Crippen LogP contribution in [0, 0.1) is 6.92 Å². The molecule has 0 amide bonds. The van der Waals surface area contributed by atoms with Gasteiger partial charge in [-0.3, -0.25) is 0 Å². The van der Waals surface area contributed by atoms with E-state index in [2.05, 4.69) is 77.6 Å². The van der Waals surface area contributed by atoms with E-state index in [-0.39, 0.29) is 0 Å². The van der Waals surface area contributed by atoms with E-state index in [9.17, 15) is 0 Å². The van der Waals surface area contributed by atoms with Crippen LogP contribution < -0.4 is 5.32 Å². The minimum absolute atomic E-state index is 0.316. The molecule has 2 aromatic carbocycles. The Bertz CT molecular complexity index is 789. The van der Waals surface area contributed by atoms with Crippen LogP contribution in [0.4, 0.5) is 5.82 Å². The minimum atomic E-state index is 0.316. The fourth-order valence-electron chi connectivity index (χ4n) is 3.15. The van der Waals surface area contributed by atoms with Gasteiger partial charge in [-0.15, -0.1) is 0 Å². The van der Waals surface area contributed by atoms with E-state index in [1.54, 1.807) is 0 Å². The van der Waals surface area contributed by atoms with Gasteiger partial charge in [-0.25, -0.2) is 4.68 Å². The summed E-state index contributed by atoms with van der Waals surface area (Å²) in [6, 6.07) is 21.6. The topological polar surface area (TPSA) is 29.9 Å². The molecule has 1 aliphatic rings. The molecule has 1 atom stereocenters. The van der Waals surface area contributed by atoms with Crippen molar-refractivity contribution < 1.29 is 0 Å². The highest BCUT2D eigenvalue weighted by Gasteiger charge is 2.23. The van der Waals surface area contributed by atoms with Crippen LogP contribution >= 0.6 is 0 Å². The van der Waals surface area contributed by atoms with Gasteiger partial charge in [0.15, 0.2) is 0 Å². The van der Waals surface area contributed by atoms with E-state index in [1.165, 1.54) is 16.7 Å². The molecule has 1 unspecified atom stereocenters. The number of nitrogens with zero attached hydrogens (tertiary/aromatic N) is 2. The molecule has 3 nitrogen and oxygen atoms in total. The third-order valence-corrected chi connectivity index (χ3v) is 4.25. The number of benzene rings is 2. The number of aromatic nitrogens is 2. The van der Waals surface area contributed by atoms with Gasteiger partial charge in [-0.2, -0.15) is 5.10 Å². The van der Waals surface area contributed by atoms with Crippen LogP contribution in [0.5, 0.6) is 0 Å². The third kappa shape index (κ3) is 2.29. The van der Waals surface area contributed by atoms with Crippen molar-refractivity contribution in [3.05, 3.63) is 71.8 Å². The number of aryl methyl sites for hydroxylation is 1. The number of rotatable bonds is 2. The fraction of sp³-hybridized carbons (Fsp3) is 0.211. The summed E-state index contributed by atoms with van der Waals surface area (Å²) >= 11 is 0. The molecule has 1 aromatic heterocycles. The normalized spacial score (nSPS) is 16.9. The van der Waals surface area contributed by atoms with Crippen LogP contribution in [-0.2, 0) is 0 Å². The monoisotopic (exact) mass is 289 g/mol. The third-order valence-electron chi connectivity index (χ3n) is 4.25. The first-order valence-electron chi connectivity index (χ1n) is 7.77. The molecule has 22 heavy (non-hydrogen) atoms. The molecule has 1 aliphatic heterocycles. The van der Waals surface area contributed by atoms with Gasteiger partial charge >= 0.3 is 0 Å². The number of anilines is 1. The van der Waals surface area contributed by atoms with Crippen LogP contribution in [-0.4, -0.2) is 16.3 Å². The van der Waals surface area contributed by atoms with Crippen molar-refractivity contribution in [2.75, 3.05) is 11.9 Å². The largest absolute Gasteiger partial charge is 0.370 e. The smallest absolute Gasteiger partial charge is 0.125 e. The maximum absolute atomic E-state index is 4.87. The van der Waals surface area contributed by atoms with Crippen molar-refractivity contribution in [1.29, 1.82) is 0 Å². The Morgan fingerprint density at radius 3 is 2.73 bits per heavy atom. The van der Waals surface area contributed by atoms with Crippen molar-refractivity contribution in [2.45, 2.75) is 19.4 Å². The highest BCUT2D eigenvalue weighted by atomic mass is 15.4.